The Bertz CT molecular complexity index is 119. The molecule has 0 bridgehead atoms. The molecule has 1 N–H and O–H groups in total. The Morgan fingerprint density at radius 3 is 1.75 bits per heavy atom. The summed E-state index contributed by atoms with van der Waals surface area (Å²) in [6.45, 7) is -0.135. The van der Waals surface area contributed by atoms with Crippen molar-refractivity contribution in [1.82, 2.24) is 0 Å². The van der Waals surface area contributed by atoms with E-state index in [4.69, 9.17) is 5.11 Å². The highest BCUT2D eigenvalue weighted by molar-refractivity contribution is 4.71. The largest absolute Gasteiger partial charge is 0.390 e. The van der Waals surface area contributed by atoms with Gasteiger partial charge in [0.2, 0.25) is 5.92 Å². The summed E-state index contributed by atoms with van der Waals surface area (Å²) in [6.07, 6.45) is -2.30. The Labute approximate surface area is 68.4 Å². The van der Waals surface area contributed by atoms with Crippen LogP contribution in [0.15, 0.2) is 0 Å². The minimum Gasteiger partial charge on any atom is -0.390 e. The maximum Gasteiger partial charge on any atom is 0.270 e. The number of aliphatic hydroxyl groups excluding tert-OH is 1. The van der Waals surface area contributed by atoms with Gasteiger partial charge in [0.05, 0.1) is 0 Å². The van der Waals surface area contributed by atoms with Gasteiger partial charge in [-0.1, -0.05) is 6.92 Å². The molecule has 0 aliphatic carbocycles. The van der Waals surface area contributed by atoms with Crippen LogP contribution in [0.1, 0.15) is 26.2 Å². The molecule has 0 aromatic rings. The molecule has 0 radical (unpaired) electrons. The molecule has 0 aliphatic heterocycles. The molecule has 12 heavy (non-hydrogen) atoms. The van der Waals surface area contributed by atoms with E-state index in [0.717, 1.165) is 0 Å². The zero-order chi connectivity index (χ0) is 9.83. The van der Waals surface area contributed by atoms with E-state index < -0.39 is 37.7 Å². The summed E-state index contributed by atoms with van der Waals surface area (Å²) in [4.78, 5) is 0. The van der Waals surface area contributed by atoms with Crippen molar-refractivity contribution in [2.45, 2.75) is 38.0 Å². The maximum absolute atomic E-state index is 12.4. The Kier molecular flexibility index (Phi) is 3.96. The predicted molar refractivity (Wildman–Crippen MR) is 36.5 cm³/mol. The minimum absolute atomic E-state index is 0.450. The van der Waals surface area contributed by atoms with Crippen LogP contribution in [0.5, 0.6) is 0 Å². The SMILES string of the molecule is CCC(F)(F)CCC(F)(F)CO. The Hall–Kier alpha value is -0.320. The van der Waals surface area contributed by atoms with E-state index in [1.807, 2.05) is 0 Å². The van der Waals surface area contributed by atoms with Gasteiger partial charge in [-0.3, -0.25) is 0 Å². The van der Waals surface area contributed by atoms with Crippen LogP contribution < -0.4 is 0 Å². The van der Waals surface area contributed by atoms with Gasteiger partial charge in [-0.25, -0.2) is 17.6 Å². The average Bonchev–Trinajstić information content (AvgIpc) is 2.02. The van der Waals surface area contributed by atoms with Crippen LogP contribution in [0.4, 0.5) is 17.6 Å². The Balaban J connectivity index is 3.82. The molecule has 1 nitrogen and oxygen atoms in total. The summed E-state index contributed by atoms with van der Waals surface area (Å²) >= 11 is 0. The lowest BCUT2D eigenvalue weighted by molar-refractivity contribution is -0.0886. The highest BCUT2D eigenvalue weighted by Crippen LogP contribution is 2.29. The molecule has 0 aliphatic rings. The molecule has 0 spiro atoms. The fourth-order valence-corrected chi connectivity index (χ4v) is 0.622. The number of hydrogen-bond donors (Lipinski definition) is 1. The molecule has 0 unspecified atom stereocenters. The molecule has 5 heteroatoms. The van der Waals surface area contributed by atoms with Gasteiger partial charge >= 0.3 is 0 Å². The zero-order valence-corrected chi connectivity index (χ0v) is 6.79. The maximum atomic E-state index is 12.4. The van der Waals surface area contributed by atoms with Crippen LogP contribution in [-0.2, 0) is 0 Å². The third kappa shape index (κ3) is 4.54. The van der Waals surface area contributed by atoms with Gasteiger partial charge in [0, 0.05) is 19.3 Å². The third-order valence-electron chi connectivity index (χ3n) is 1.61. The summed E-state index contributed by atoms with van der Waals surface area (Å²) < 4.78 is 49.3. The first-order valence-electron chi connectivity index (χ1n) is 3.69. The lowest BCUT2D eigenvalue weighted by atomic mass is 10.1. The number of hydrogen-bond acceptors (Lipinski definition) is 1. The van der Waals surface area contributed by atoms with E-state index in [0.29, 0.717) is 0 Å². The topological polar surface area (TPSA) is 20.2 Å². The molecule has 0 aromatic carbocycles. The van der Waals surface area contributed by atoms with Crippen molar-refractivity contribution in [3.05, 3.63) is 0 Å². The number of alkyl halides is 4. The molecular weight excluding hydrogens is 176 g/mol. The van der Waals surface area contributed by atoms with Crippen LogP contribution in [0, 0.1) is 0 Å². The first-order chi connectivity index (χ1) is 5.33. The molecule has 0 atom stereocenters. The fraction of sp³-hybridized carbons (Fsp3) is 1.00. The smallest absolute Gasteiger partial charge is 0.270 e. The summed E-state index contributed by atoms with van der Waals surface area (Å²) in [5.41, 5.74) is 0. The van der Waals surface area contributed by atoms with Crippen LogP contribution in [-0.4, -0.2) is 23.6 Å². The normalized spacial score (nSPS) is 13.5. The molecule has 0 amide bonds. The molecule has 0 aromatic heterocycles. The molecule has 0 fully saturated rings. The minimum atomic E-state index is -3.38. The molecule has 74 valence electrons. The Morgan fingerprint density at radius 1 is 1.00 bits per heavy atom. The van der Waals surface area contributed by atoms with Gasteiger partial charge in [0.15, 0.2) is 0 Å². The van der Waals surface area contributed by atoms with E-state index in [-0.39, 0.29) is 0 Å². The second-order valence-corrected chi connectivity index (χ2v) is 2.72. The first-order valence-corrected chi connectivity index (χ1v) is 3.69. The third-order valence-corrected chi connectivity index (χ3v) is 1.61. The van der Waals surface area contributed by atoms with E-state index in [2.05, 4.69) is 0 Å². The molecule has 0 heterocycles. The number of rotatable bonds is 5. The highest BCUT2D eigenvalue weighted by Gasteiger charge is 2.34. The van der Waals surface area contributed by atoms with Gasteiger partial charge in [-0.05, 0) is 0 Å². The zero-order valence-electron chi connectivity index (χ0n) is 6.79. The van der Waals surface area contributed by atoms with E-state index in [1.165, 1.54) is 6.92 Å². The van der Waals surface area contributed by atoms with Gasteiger partial charge in [0.25, 0.3) is 5.92 Å². The van der Waals surface area contributed by atoms with Gasteiger partial charge in [-0.15, -0.1) is 0 Å². The highest BCUT2D eigenvalue weighted by atomic mass is 19.3. The molecule has 0 rings (SSSR count). The summed E-state index contributed by atoms with van der Waals surface area (Å²) in [7, 11) is 0. The van der Waals surface area contributed by atoms with E-state index in [9.17, 15) is 17.6 Å². The lowest BCUT2D eigenvalue weighted by Gasteiger charge is -2.17. The Morgan fingerprint density at radius 2 is 1.42 bits per heavy atom. The summed E-state index contributed by atoms with van der Waals surface area (Å²) in [5, 5.41) is 8.07. The number of halogens is 4. The van der Waals surface area contributed by atoms with Crippen molar-refractivity contribution in [3.63, 3.8) is 0 Å². The average molecular weight is 188 g/mol. The second-order valence-electron chi connectivity index (χ2n) is 2.72. The first kappa shape index (κ1) is 11.7. The second kappa shape index (κ2) is 4.07. The van der Waals surface area contributed by atoms with E-state index in [1.54, 1.807) is 0 Å². The van der Waals surface area contributed by atoms with Crippen LogP contribution >= 0.6 is 0 Å². The molecule has 0 saturated heterocycles. The lowest BCUT2D eigenvalue weighted by Crippen LogP contribution is -2.25. The van der Waals surface area contributed by atoms with Crippen LogP contribution in [0.25, 0.3) is 0 Å². The monoisotopic (exact) mass is 188 g/mol. The fourth-order valence-electron chi connectivity index (χ4n) is 0.622. The van der Waals surface area contributed by atoms with Crippen molar-refractivity contribution in [1.29, 1.82) is 0 Å². The van der Waals surface area contributed by atoms with E-state index >= 15 is 0 Å². The quantitative estimate of drug-likeness (QED) is 0.657. The summed E-state index contributed by atoms with van der Waals surface area (Å²) in [6, 6.07) is 0. The van der Waals surface area contributed by atoms with Crippen molar-refractivity contribution in [2.75, 3.05) is 6.61 Å². The predicted octanol–water partition coefficient (Wildman–Crippen LogP) is 2.44. The summed E-state index contributed by atoms with van der Waals surface area (Å²) in [5.74, 6) is -6.42. The molecular formula is C7H12F4O. The van der Waals surface area contributed by atoms with Gasteiger partial charge < -0.3 is 5.11 Å². The molecule has 0 saturated carbocycles. The van der Waals surface area contributed by atoms with Crippen LogP contribution in [0.3, 0.4) is 0 Å². The van der Waals surface area contributed by atoms with Crippen molar-refractivity contribution in [3.8, 4) is 0 Å². The number of aliphatic hydroxyl groups is 1. The standard InChI is InChI=1S/C7H12F4O/c1-2-6(8,9)3-4-7(10,11)5-12/h12H,2-5H2,1H3. The van der Waals surface area contributed by atoms with Crippen molar-refractivity contribution < 1.29 is 22.7 Å². The van der Waals surface area contributed by atoms with Gasteiger partial charge in [0.1, 0.15) is 6.61 Å². The van der Waals surface area contributed by atoms with Crippen LogP contribution in [0.2, 0.25) is 0 Å². The van der Waals surface area contributed by atoms with Gasteiger partial charge in [-0.2, -0.15) is 0 Å². The van der Waals surface area contributed by atoms with Crippen molar-refractivity contribution in [2.24, 2.45) is 0 Å². The van der Waals surface area contributed by atoms with Crippen molar-refractivity contribution >= 4 is 0 Å².